The van der Waals surface area contributed by atoms with Gasteiger partial charge in [0.15, 0.2) is 10.9 Å². The summed E-state index contributed by atoms with van der Waals surface area (Å²) in [5, 5.41) is 8.68. The summed E-state index contributed by atoms with van der Waals surface area (Å²) in [7, 11) is 1.62. The highest BCUT2D eigenvalue weighted by atomic mass is 32.1. The van der Waals surface area contributed by atoms with Gasteiger partial charge in [0.25, 0.3) is 0 Å². The number of fused-ring (bicyclic) bond motifs is 3. The minimum absolute atomic E-state index is 0.0242. The van der Waals surface area contributed by atoms with E-state index in [1.54, 1.807) is 19.2 Å². The molecule has 0 spiro atoms. The highest BCUT2D eigenvalue weighted by Crippen LogP contribution is 2.36. The molecule has 6 heteroatoms. The first-order valence-corrected chi connectivity index (χ1v) is 9.14. The smallest absolute Gasteiger partial charge is 0.175 e. The summed E-state index contributed by atoms with van der Waals surface area (Å²) in [6.45, 7) is 1.54. The lowest BCUT2D eigenvalue weighted by Crippen LogP contribution is -2.19. The molecule has 0 aliphatic carbocycles. The number of rotatable bonds is 4. The van der Waals surface area contributed by atoms with Crippen LogP contribution in [0.4, 0.5) is 11.4 Å². The number of hydrogen-bond acceptors (Lipinski definition) is 4. The number of Topliss-reactive ketones (excluding diaryl/α,β-unsaturated/α-hetero) is 1. The average Bonchev–Trinajstić information content (AvgIpc) is 3.05. The quantitative estimate of drug-likeness (QED) is 0.349. The minimum atomic E-state index is 0.0242. The van der Waals surface area contributed by atoms with E-state index in [-0.39, 0.29) is 5.78 Å². The molecule has 0 saturated heterocycles. The molecule has 5 nitrogen and oxygen atoms in total. The number of ketones is 1. The Hall–Kier alpha value is -3.38. The van der Waals surface area contributed by atoms with Crippen molar-refractivity contribution in [3.63, 3.8) is 0 Å². The van der Waals surface area contributed by atoms with Gasteiger partial charge >= 0.3 is 0 Å². The Kier molecular flexibility index (Phi) is 4.71. The second-order valence-electron chi connectivity index (χ2n) is 6.36. The lowest BCUT2D eigenvalue weighted by atomic mass is 10.1. The maximum atomic E-state index is 11.4. The van der Waals surface area contributed by atoms with Crippen molar-refractivity contribution in [1.82, 2.24) is 0 Å². The van der Waals surface area contributed by atoms with E-state index in [0.717, 1.165) is 27.6 Å². The van der Waals surface area contributed by atoms with Gasteiger partial charge in [-0.15, -0.1) is 0 Å². The van der Waals surface area contributed by atoms with Crippen LogP contribution in [0, 0.1) is 0 Å². The van der Waals surface area contributed by atoms with Crippen LogP contribution < -0.4 is 15.4 Å². The van der Waals surface area contributed by atoms with Gasteiger partial charge in [0, 0.05) is 28.1 Å². The Morgan fingerprint density at radius 1 is 0.964 bits per heavy atom. The molecule has 1 aromatic heterocycles. The Morgan fingerprint density at radius 2 is 1.71 bits per heavy atom. The van der Waals surface area contributed by atoms with E-state index in [1.807, 2.05) is 48.5 Å². The summed E-state index contributed by atoms with van der Waals surface area (Å²) in [6.07, 6.45) is 0. The molecule has 0 radical (unpaired) electrons. The summed E-state index contributed by atoms with van der Waals surface area (Å²) in [6, 6.07) is 18.8. The fourth-order valence-electron chi connectivity index (χ4n) is 3.09. The Labute approximate surface area is 167 Å². The van der Waals surface area contributed by atoms with E-state index in [4.69, 9.17) is 21.4 Å². The SMILES string of the molecule is COc1cc2c(cc1NC(=S)Nc1ccc(C(C)=O)cc1)oc1ccccc12. The molecule has 0 aliphatic heterocycles. The van der Waals surface area contributed by atoms with Crippen molar-refractivity contribution >= 4 is 56.4 Å². The van der Waals surface area contributed by atoms with Crippen LogP contribution in [0.5, 0.6) is 5.75 Å². The second-order valence-corrected chi connectivity index (χ2v) is 6.77. The molecule has 0 bridgehead atoms. The topological polar surface area (TPSA) is 63.5 Å². The van der Waals surface area contributed by atoms with Crippen molar-refractivity contribution in [3.05, 3.63) is 66.2 Å². The van der Waals surface area contributed by atoms with Crippen LogP contribution in [-0.2, 0) is 0 Å². The van der Waals surface area contributed by atoms with Crippen LogP contribution in [0.3, 0.4) is 0 Å². The van der Waals surface area contributed by atoms with Crippen molar-refractivity contribution < 1.29 is 13.9 Å². The summed E-state index contributed by atoms with van der Waals surface area (Å²) in [5.41, 5.74) is 3.71. The monoisotopic (exact) mass is 390 g/mol. The lowest BCUT2D eigenvalue weighted by molar-refractivity contribution is 0.101. The summed E-state index contributed by atoms with van der Waals surface area (Å²) < 4.78 is 11.5. The summed E-state index contributed by atoms with van der Waals surface area (Å²) >= 11 is 5.42. The molecule has 1 heterocycles. The van der Waals surface area contributed by atoms with Gasteiger partial charge < -0.3 is 19.8 Å². The third-order valence-electron chi connectivity index (χ3n) is 4.50. The van der Waals surface area contributed by atoms with E-state index in [1.165, 1.54) is 6.92 Å². The maximum absolute atomic E-state index is 11.4. The largest absolute Gasteiger partial charge is 0.495 e. The normalized spacial score (nSPS) is 10.8. The van der Waals surface area contributed by atoms with Crippen LogP contribution in [0.15, 0.2) is 65.1 Å². The highest BCUT2D eigenvalue weighted by molar-refractivity contribution is 7.80. The number of carbonyl (C=O) groups is 1. The van der Waals surface area contributed by atoms with Gasteiger partial charge in [-0.1, -0.05) is 18.2 Å². The van der Waals surface area contributed by atoms with Crippen molar-refractivity contribution in [1.29, 1.82) is 0 Å². The molecule has 0 saturated carbocycles. The molecule has 28 heavy (non-hydrogen) atoms. The predicted molar refractivity (Wildman–Crippen MR) is 117 cm³/mol. The first-order valence-electron chi connectivity index (χ1n) is 8.73. The number of carbonyl (C=O) groups excluding carboxylic acids is 1. The van der Waals surface area contributed by atoms with Crippen molar-refractivity contribution in [3.8, 4) is 5.75 Å². The molecule has 4 aromatic rings. The number of furan rings is 1. The van der Waals surface area contributed by atoms with Gasteiger partial charge in [-0.05, 0) is 55.5 Å². The van der Waals surface area contributed by atoms with Gasteiger partial charge in [0.2, 0.25) is 0 Å². The van der Waals surface area contributed by atoms with Gasteiger partial charge in [-0.25, -0.2) is 0 Å². The zero-order valence-electron chi connectivity index (χ0n) is 15.4. The number of methoxy groups -OCH3 is 1. The average molecular weight is 390 g/mol. The van der Waals surface area contributed by atoms with E-state index >= 15 is 0 Å². The molecule has 2 N–H and O–H groups in total. The maximum Gasteiger partial charge on any atom is 0.175 e. The third-order valence-corrected chi connectivity index (χ3v) is 4.70. The molecular formula is C22H18N2O3S. The van der Waals surface area contributed by atoms with Crippen molar-refractivity contribution in [2.75, 3.05) is 17.7 Å². The zero-order chi connectivity index (χ0) is 19.7. The first-order chi connectivity index (χ1) is 13.5. The molecular weight excluding hydrogens is 372 g/mol. The van der Waals surface area contributed by atoms with Gasteiger partial charge in [0.1, 0.15) is 16.9 Å². The van der Waals surface area contributed by atoms with E-state index in [9.17, 15) is 4.79 Å². The van der Waals surface area contributed by atoms with E-state index < -0.39 is 0 Å². The van der Waals surface area contributed by atoms with Crippen LogP contribution in [0.1, 0.15) is 17.3 Å². The van der Waals surface area contributed by atoms with Crippen LogP contribution >= 0.6 is 12.2 Å². The number of benzene rings is 3. The number of para-hydroxylation sites is 1. The molecule has 0 atom stereocenters. The fraction of sp³-hybridized carbons (Fsp3) is 0.0909. The summed E-state index contributed by atoms with van der Waals surface area (Å²) in [4.78, 5) is 11.4. The molecule has 0 fully saturated rings. The Bertz CT molecular complexity index is 1200. The predicted octanol–water partition coefficient (Wildman–Crippen LogP) is 5.61. The van der Waals surface area contributed by atoms with Crippen molar-refractivity contribution in [2.24, 2.45) is 0 Å². The fourth-order valence-corrected chi connectivity index (χ4v) is 3.32. The number of hydrogen-bond donors (Lipinski definition) is 2. The van der Waals surface area contributed by atoms with E-state index in [0.29, 0.717) is 22.1 Å². The first kappa shape index (κ1) is 18.0. The molecule has 3 aromatic carbocycles. The number of nitrogens with one attached hydrogen (secondary N) is 2. The molecule has 0 amide bonds. The van der Waals surface area contributed by atoms with Crippen LogP contribution in [-0.4, -0.2) is 18.0 Å². The molecule has 4 rings (SSSR count). The zero-order valence-corrected chi connectivity index (χ0v) is 16.2. The standard InChI is InChI=1S/C22H18N2O3S/c1-13(25)14-7-9-15(10-8-14)23-22(28)24-18-12-20-17(11-21(18)26-2)16-5-3-4-6-19(16)27-20/h3-12H,1-2H3,(H2,23,24,28). The van der Waals surface area contributed by atoms with Crippen LogP contribution in [0.25, 0.3) is 21.9 Å². The number of ether oxygens (including phenoxy) is 1. The molecule has 0 unspecified atom stereocenters. The van der Waals surface area contributed by atoms with Gasteiger partial charge in [0.05, 0.1) is 12.8 Å². The lowest BCUT2D eigenvalue weighted by Gasteiger charge is -2.13. The third kappa shape index (κ3) is 3.42. The number of thiocarbonyl (C=S) groups is 1. The molecule has 140 valence electrons. The Balaban J connectivity index is 1.60. The van der Waals surface area contributed by atoms with E-state index in [2.05, 4.69) is 10.6 Å². The molecule has 0 aliphatic rings. The highest BCUT2D eigenvalue weighted by Gasteiger charge is 2.13. The minimum Gasteiger partial charge on any atom is -0.495 e. The number of anilines is 2. The van der Waals surface area contributed by atoms with Crippen molar-refractivity contribution in [2.45, 2.75) is 6.92 Å². The summed E-state index contributed by atoms with van der Waals surface area (Å²) in [5.74, 6) is 0.686. The van der Waals surface area contributed by atoms with Crippen LogP contribution in [0.2, 0.25) is 0 Å². The van der Waals surface area contributed by atoms with Gasteiger partial charge in [-0.2, -0.15) is 0 Å². The second kappa shape index (κ2) is 7.32. The van der Waals surface area contributed by atoms with Gasteiger partial charge in [-0.3, -0.25) is 4.79 Å². The Morgan fingerprint density at radius 3 is 2.43 bits per heavy atom.